The highest BCUT2D eigenvalue weighted by molar-refractivity contribution is 5.94. The Morgan fingerprint density at radius 1 is 1.21 bits per heavy atom. The molecule has 0 saturated carbocycles. The number of nitrogens with zero attached hydrogens (tertiary/aromatic N) is 2. The Balaban J connectivity index is 1.38. The van der Waals surface area contributed by atoms with Gasteiger partial charge in [0.1, 0.15) is 5.82 Å². The number of rotatable bonds is 4. The van der Waals surface area contributed by atoms with Crippen LogP contribution in [0.3, 0.4) is 0 Å². The molecule has 0 fully saturated rings. The maximum atomic E-state index is 12.6. The largest absolute Gasteiger partial charge is 0.335 e. The molecule has 0 spiro atoms. The van der Waals surface area contributed by atoms with Gasteiger partial charge in [0.2, 0.25) is 11.8 Å². The molecule has 2 aliphatic heterocycles. The summed E-state index contributed by atoms with van der Waals surface area (Å²) in [6, 6.07) is 10.7. The first-order valence-corrected chi connectivity index (χ1v) is 10.2. The minimum atomic E-state index is 0.00213. The molecule has 5 heteroatoms. The number of amides is 2. The Morgan fingerprint density at radius 2 is 2.03 bits per heavy atom. The molecule has 0 radical (unpaired) electrons. The van der Waals surface area contributed by atoms with Crippen LogP contribution in [0.5, 0.6) is 0 Å². The zero-order chi connectivity index (χ0) is 20.2. The van der Waals surface area contributed by atoms with E-state index in [9.17, 15) is 9.59 Å². The Morgan fingerprint density at radius 3 is 2.76 bits per heavy atom. The van der Waals surface area contributed by atoms with E-state index in [0.717, 1.165) is 30.5 Å². The molecule has 1 N–H and O–H groups in total. The number of pyridine rings is 1. The van der Waals surface area contributed by atoms with E-state index >= 15 is 0 Å². The highest BCUT2D eigenvalue weighted by Gasteiger charge is 2.17. The van der Waals surface area contributed by atoms with Crippen molar-refractivity contribution in [2.45, 2.75) is 32.6 Å². The number of hydrogen-bond donors (Lipinski definition) is 1. The highest BCUT2D eigenvalue weighted by atomic mass is 16.2. The molecule has 0 unspecified atom stereocenters. The number of aryl methyl sites for hydroxylation is 2. The van der Waals surface area contributed by atoms with Crippen LogP contribution in [-0.2, 0) is 22.4 Å². The van der Waals surface area contributed by atoms with E-state index in [1.807, 2.05) is 11.0 Å². The van der Waals surface area contributed by atoms with E-state index in [2.05, 4.69) is 47.6 Å². The van der Waals surface area contributed by atoms with Gasteiger partial charge in [-0.2, -0.15) is 0 Å². The zero-order valence-corrected chi connectivity index (χ0v) is 16.6. The second-order valence-electron chi connectivity index (χ2n) is 7.47. The van der Waals surface area contributed by atoms with Gasteiger partial charge in [0, 0.05) is 31.8 Å². The molecule has 29 heavy (non-hydrogen) atoms. The van der Waals surface area contributed by atoms with Gasteiger partial charge in [-0.3, -0.25) is 9.59 Å². The molecule has 3 heterocycles. The topological polar surface area (TPSA) is 62.3 Å². The minimum Gasteiger partial charge on any atom is -0.335 e. The first kappa shape index (κ1) is 19.1. The van der Waals surface area contributed by atoms with Crippen molar-refractivity contribution in [2.24, 2.45) is 0 Å². The third kappa shape index (κ3) is 4.45. The van der Waals surface area contributed by atoms with Gasteiger partial charge in [0.05, 0.1) is 0 Å². The first-order valence-electron chi connectivity index (χ1n) is 10.2. The van der Waals surface area contributed by atoms with E-state index in [1.54, 1.807) is 18.3 Å². The van der Waals surface area contributed by atoms with Crippen molar-refractivity contribution in [1.82, 2.24) is 9.88 Å². The molecule has 148 valence electrons. The Kier molecular flexibility index (Phi) is 5.56. The minimum absolute atomic E-state index is 0.00213. The van der Waals surface area contributed by atoms with Crippen LogP contribution < -0.4 is 5.32 Å². The molecular weight excluding hydrogens is 362 g/mol. The highest BCUT2D eigenvalue weighted by Crippen LogP contribution is 2.24. The Hall–Kier alpha value is -3.21. The number of carbonyl (C=O) groups is 2. The van der Waals surface area contributed by atoms with Crippen LogP contribution in [0.15, 0.2) is 48.7 Å². The van der Waals surface area contributed by atoms with E-state index in [0.29, 0.717) is 25.2 Å². The van der Waals surface area contributed by atoms with Crippen molar-refractivity contribution in [3.63, 3.8) is 0 Å². The van der Waals surface area contributed by atoms with Crippen LogP contribution in [0.4, 0.5) is 5.82 Å². The summed E-state index contributed by atoms with van der Waals surface area (Å²) in [5.41, 5.74) is 5.78. The maximum Gasteiger partial charge on any atom is 0.246 e. The molecular formula is C24H25N3O2. The maximum absolute atomic E-state index is 12.6. The third-order valence-electron chi connectivity index (χ3n) is 5.54. The monoisotopic (exact) mass is 387 g/mol. The average molecular weight is 387 g/mol. The van der Waals surface area contributed by atoms with Gasteiger partial charge in [-0.15, -0.1) is 0 Å². The number of anilines is 1. The number of hydrogen-bond acceptors (Lipinski definition) is 3. The fourth-order valence-electron chi connectivity index (χ4n) is 3.72. The lowest BCUT2D eigenvalue weighted by Crippen LogP contribution is -2.33. The Bertz CT molecular complexity index is 990. The fourth-order valence-corrected chi connectivity index (χ4v) is 3.72. The van der Waals surface area contributed by atoms with Crippen molar-refractivity contribution in [3.8, 4) is 0 Å². The molecule has 0 saturated heterocycles. The van der Waals surface area contributed by atoms with Gasteiger partial charge in [0.25, 0.3) is 0 Å². The summed E-state index contributed by atoms with van der Waals surface area (Å²) in [5.74, 6) is 0.639. The molecule has 4 rings (SSSR count). The third-order valence-corrected chi connectivity index (χ3v) is 5.54. The van der Waals surface area contributed by atoms with Crippen LogP contribution in [0.25, 0.3) is 11.6 Å². The van der Waals surface area contributed by atoms with E-state index in [1.165, 1.54) is 16.7 Å². The quantitative estimate of drug-likeness (QED) is 0.811. The molecule has 2 aliphatic rings. The standard InChI is InChI=1S/C24H25N3O2/c1-2-17-3-6-19(7-4-17)20-11-13-27(14-12-20)23(29)10-5-18-15-21-8-9-22(28)26-24(21)25-16-18/h3-7,10-11,15-16H,2,8-9,12-14H2,1H3,(H,25,26,28)/b10-5+. The van der Waals surface area contributed by atoms with Crippen LogP contribution in [-0.4, -0.2) is 34.8 Å². The number of aromatic nitrogens is 1. The van der Waals surface area contributed by atoms with Crippen molar-refractivity contribution in [3.05, 3.63) is 70.9 Å². The van der Waals surface area contributed by atoms with Gasteiger partial charge in [-0.25, -0.2) is 4.98 Å². The second kappa shape index (κ2) is 8.43. The summed E-state index contributed by atoms with van der Waals surface area (Å²) < 4.78 is 0. The molecule has 2 amide bonds. The number of carbonyl (C=O) groups excluding carboxylic acids is 2. The number of benzene rings is 1. The van der Waals surface area contributed by atoms with E-state index in [4.69, 9.17) is 0 Å². The summed E-state index contributed by atoms with van der Waals surface area (Å²) in [6.07, 6.45) is 10.3. The van der Waals surface area contributed by atoms with E-state index in [-0.39, 0.29) is 11.8 Å². The lowest BCUT2D eigenvalue weighted by Gasteiger charge is -2.25. The van der Waals surface area contributed by atoms with Gasteiger partial charge < -0.3 is 10.2 Å². The van der Waals surface area contributed by atoms with Crippen molar-refractivity contribution in [1.29, 1.82) is 0 Å². The predicted molar refractivity (Wildman–Crippen MR) is 115 cm³/mol. The molecule has 1 aromatic heterocycles. The molecule has 5 nitrogen and oxygen atoms in total. The first-order chi connectivity index (χ1) is 14.1. The smallest absolute Gasteiger partial charge is 0.246 e. The van der Waals surface area contributed by atoms with Crippen molar-refractivity contribution in [2.75, 3.05) is 18.4 Å². The molecule has 0 bridgehead atoms. The summed E-state index contributed by atoms with van der Waals surface area (Å²) in [7, 11) is 0. The lowest BCUT2D eigenvalue weighted by atomic mass is 9.98. The van der Waals surface area contributed by atoms with E-state index < -0.39 is 0 Å². The normalized spacial score (nSPS) is 16.4. The average Bonchev–Trinajstić information content (AvgIpc) is 2.77. The number of fused-ring (bicyclic) bond motifs is 1. The predicted octanol–water partition coefficient (Wildman–Crippen LogP) is 3.86. The fraction of sp³-hybridized carbons (Fsp3) is 0.292. The van der Waals surface area contributed by atoms with Crippen molar-refractivity contribution < 1.29 is 9.59 Å². The second-order valence-corrected chi connectivity index (χ2v) is 7.47. The van der Waals surface area contributed by atoms with Gasteiger partial charge >= 0.3 is 0 Å². The van der Waals surface area contributed by atoms with Crippen molar-refractivity contribution >= 4 is 29.3 Å². The van der Waals surface area contributed by atoms with Crippen LogP contribution in [0, 0.1) is 0 Å². The van der Waals surface area contributed by atoms with Gasteiger partial charge in [-0.05, 0) is 59.2 Å². The van der Waals surface area contributed by atoms with Gasteiger partial charge in [0.15, 0.2) is 0 Å². The van der Waals surface area contributed by atoms with Crippen LogP contribution in [0.1, 0.15) is 42.0 Å². The summed E-state index contributed by atoms with van der Waals surface area (Å²) in [6.45, 7) is 3.51. The summed E-state index contributed by atoms with van der Waals surface area (Å²) >= 11 is 0. The summed E-state index contributed by atoms with van der Waals surface area (Å²) in [4.78, 5) is 30.1. The number of nitrogens with one attached hydrogen (secondary N) is 1. The van der Waals surface area contributed by atoms with Crippen LogP contribution >= 0.6 is 0 Å². The molecule has 0 aliphatic carbocycles. The SMILES string of the molecule is CCc1ccc(C2=CCN(C(=O)/C=C/c3cnc4c(c3)CCC(=O)N4)CC2)cc1. The molecule has 0 atom stereocenters. The van der Waals surface area contributed by atoms with Crippen LogP contribution in [0.2, 0.25) is 0 Å². The lowest BCUT2D eigenvalue weighted by molar-refractivity contribution is -0.125. The Labute approximate surface area is 171 Å². The summed E-state index contributed by atoms with van der Waals surface area (Å²) in [5, 5.41) is 2.77. The molecule has 2 aromatic rings. The molecule has 1 aromatic carbocycles. The zero-order valence-electron chi connectivity index (χ0n) is 16.6. The van der Waals surface area contributed by atoms with Gasteiger partial charge in [-0.1, -0.05) is 37.3 Å².